The molecule has 2 aromatic heterocycles. The van der Waals surface area contributed by atoms with E-state index in [1.54, 1.807) is 19.2 Å². The van der Waals surface area contributed by atoms with Crippen molar-refractivity contribution in [2.45, 2.75) is 13.5 Å². The van der Waals surface area contributed by atoms with Crippen LogP contribution < -0.4 is 10.9 Å². The molecular weight excluding hydrogens is 278 g/mol. The van der Waals surface area contributed by atoms with Crippen LogP contribution in [-0.2, 0) is 6.54 Å². The van der Waals surface area contributed by atoms with E-state index < -0.39 is 5.91 Å². The van der Waals surface area contributed by atoms with E-state index >= 15 is 0 Å². The number of nitrogens with zero attached hydrogens (tertiary/aromatic N) is 1. The second-order valence-electron chi connectivity index (χ2n) is 5.10. The first kappa shape index (κ1) is 14.0. The predicted octanol–water partition coefficient (Wildman–Crippen LogP) is 2.16. The molecule has 0 unspecified atom stereocenters. The lowest BCUT2D eigenvalue weighted by Gasteiger charge is -2.06. The average molecular weight is 293 g/mol. The van der Waals surface area contributed by atoms with Gasteiger partial charge in [-0.25, -0.2) is 0 Å². The van der Waals surface area contributed by atoms with Crippen molar-refractivity contribution >= 4 is 16.8 Å². The Bertz CT molecular complexity index is 900. The third-order valence-corrected chi connectivity index (χ3v) is 3.40. The smallest absolute Gasteiger partial charge is 0.260 e. The van der Waals surface area contributed by atoms with Crippen LogP contribution in [0.25, 0.3) is 10.9 Å². The number of amides is 1. The summed E-state index contributed by atoms with van der Waals surface area (Å²) in [5.41, 5.74) is 2.25. The molecular formula is C17H15N3O2. The molecule has 22 heavy (non-hydrogen) atoms. The van der Waals surface area contributed by atoms with E-state index in [0.717, 1.165) is 22.2 Å². The lowest BCUT2D eigenvalue weighted by molar-refractivity contribution is 0.0949. The molecule has 0 fully saturated rings. The van der Waals surface area contributed by atoms with Crippen LogP contribution in [0.15, 0.2) is 53.5 Å². The van der Waals surface area contributed by atoms with Crippen LogP contribution in [0.4, 0.5) is 0 Å². The largest absolute Gasteiger partial charge is 0.348 e. The van der Waals surface area contributed by atoms with Gasteiger partial charge >= 0.3 is 0 Å². The number of aromatic amines is 1. The monoisotopic (exact) mass is 293 g/mol. The van der Waals surface area contributed by atoms with Crippen molar-refractivity contribution in [3.8, 4) is 0 Å². The van der Waals surface area contributed by atoms with E-state index in [0.29, 0.717) is 6.54 Å². The molecule has 1 aromatic carbocycles. The van der Waals surface area contributed by atoms with E-state index in [-0.39, 0.29) is 11.1 Å². The van der Waals surface area contributed by atoms with E-state index in [1.807, 2.05) is 30.3 Å². The molecule has 110 valence electrons. The van der Waals surface area contributed by atoms with Gasteiger partial charge in [-0.3, -0.25) is 14.6 Å². The summed E-state index contributed by atoms with van der Waals surface area (Å²) in [5, 5.41) is 3.76. The van der Waals surface area contributed by atoms with Crippen molar-refractivity contribution in [3.05, 3.63) is 75.8 Å². The van der Waals surface area contributed by atoms with Gasteiger partial charge < -0.3 is 10.3 Å². The number of hydrogen-bond acceptors (Lipinski definition) is 3. The fourth-order valence-electron chi connectivity index (χ4n) is 2.24. The molecule has 5 nitrogen and oxygen atoms in total. The summed E-state index contributed by atoms with van der Waals surface area (Å²) < 4.78 is 0. The number of para-hydroxylation sites is 1. The number of carbonyl (C=O) groups is 1. The second-order valence-corrected chi connectivity index (χ2v) is 5.10. The Balaban J connectivity index is 1.75. The Hall–Kier alpha value is -2.95. The van der Waals surface area contributed by atoms with Crippen LogP contribution in [0.1, 0.15) is 21.6 Å². The summed E-state index contributed by atoms with van der Waals surface area (Å²) in [6.45, 7) is 2.09. The standard InChI is InChI=1S/C17H15N3O2/c1-11-6-7-14(17(22)20-11)16(21)19-10-12-8-13-4-2-3-5-15(13)18-9-12/h2-9H,10H2,1H3,(H,19,21)(H,20,22). The lowest BCUT2D eigenvalue weighted by Crippen LogP contribution is -2.29. The SMILES string of the molecule is Cc1ccc(C(=O)NCc2cnc3ccccc3c2)c(=O)[nH]1. The van der Waals surface area contributed by atoms with Gasteiger partial charge in [-0.1, -0.05) is 18.2 Å². The zero-order valence-electron chi connectivity index (χ0n) is 12.1. The van der Waals surface area contributed by atoms with Crippen molar-refractivity contribution < 1.29 is 4.79 Å². The molecule has 0 aliphatic heterocycles. The van der Waals surface area contributed by atoms with Gasteiger partial charge in [0.1, 0.15) is 5.56 Å². The minimum absolute atomic E-state index is 0.111. The summed E-state index contributed by atoms with van der Waals surface area (Å²) >= 11 is 0. The predicted molar refractivity (Wildman–Crippen MR) is 84.7 cm³/mol. The molecule has 1 amide bonds. The van der Waals surface area contributed by atoms with Crippen LogP contribution in [0, 0.1) is 6.92 Å². The number of aryl methyl sites for hydroxylation is 1. The Morgan fingerprint density at radius 1 is 1.23 bits per heavy atom. The Labute approximate surface area is 127 Å². The summed E-state index contributed by atoms with van der Waals surface area (Å²) in [6, 6.07) is 13.0. The van der Waals surface area contributed by atoms with Crippen molar-refractivity contribution in [3.63, 3.8) is 0 Å². The van der Waals surface area contributed by atoms with Crippen molar-refractivity contribution in [2.24, 2.45) is 0 Å². The fourth-order valence-corrected chi connectivity index (χ4v) is 2.24. The molecule has 0 atom stereocenters. The lowest BCUT2D eigenvalue weighted by atomic mass is 10.1. The fraction of sp³-hybridized carbons (Fsp3) is 0.118. The topological polar surface area (TPSA) is 74.8 Å². The van der Waals surface area contributed by atoms with E-state index in [1.165, 1.54) is 6.07 Å². The number of benzene rings is 1. The number of fused-ring (bicyclic) bond motifs is 1. The summed E-state index contributed by atoms with van der Waals surface area (Å²) in [7, 11) is 0. The molecule has 0 spiro atoms. The van der Waals surface area contributed by atoms with Crippen LogP contribution in [0.2, 0.25) is 0 Å². The average Bonchev–Trinajstić information content (AvgIpc) is 2.52. The van der Waals surface area contributed by atoms with Crippen molar-refractivity contribution in [2.75, 3.05) is 0 Å². The zero-order chi connectivity index (χ0) is 15.5. The maximum Gasteiger partial charge on any atom is 0.260 e. The molecule has 0 radical (unpaired) electrons. The Morgan fingerprint density at radius 2 is 2.05 bits per heavy atom. The van der Waals surface area contributed by atoms with Crippen LogP contribution in [0.3, 0.4) is 0 Å². The number of pyridine rings is 2. The van der Waals surface area contributed by atoms with E-state index in [9.17, 15) is 9.59 Å². The van der Waals surface area contributed by atoms with Crippen molar-refractivity contribution in [1.82, 2.24) is 15.3 Å². The van der Waals surface area contributed by atoms with E-state index in [4.69, 9.17) is 0 Å². The second kappa shape index (κ2) is 5.81. The molecule has 0 aliphatic rings. The minimum atomic E-state index is -0.394. The molecule has 3 rings (SSSR count). The highest BCUT2D eigenvalue weighted by Gasteiger charge is 2.10. The van der Waals surface area contributed by atoms with Gasteiger partial charge in [-0.05, 0) is 36.8 Å². The maximum absolute atomic E-state index is 12.1. The van der Waals surface area contributed by atoms with Gasteiger partial charge in [-0.15, -0.1) is 0 Å². The normalized spacial score (nSPS) is 10.6. The molecule has 0 saturated carbocycles. The maximum atomic E-state index is 12.1. The highest BCUT2D eigenvalue weighted by atomic mass is 16.2. The number of nitrogens with one attached hydrogen (secondary N) is 2. The first-order chi connectivity index (χ1) is 10.6. The zero-order valence-corrected chi connectivity index (χ0v) is 12.1. The van der Waals surface area contributed by atoms with Crippen LogP contribution in [0.5, 0.6) is 0 Å². The first-order valence-corrected chi connectivity index (χ1v) is 6.95. The molecule has 5 heteroatoms. The number of H-pyrrole nitrogens is 1. The van der Waals surface area contributed by atoms with Crippen LogP contribution >= 0.6 is 0 Å². The van der Waals surface area contributed by atoms with Gasteiger partial charge in [0.05, 0.1) is 5.52 Å². The number of aromatic nitrogens is 2. The molecule has 0 bridgehead atoms. The molecule has 2 heterocycles. The van der Waals surface area contributed by atoms with Gasteiger partial charge in [0.15, 0.2) is 0 Å². The van der Waals surface area contributed by atoms with Crippen molar-refractivity contribution in [1.29, 1.82) is 0 Å². The third kappa shape index (κ3) is 2.88. The summed E-state index contributed by atoms with van der Waals surface area (Å²) in [4.78, 5) is 30.8. The third-order valence-electron chi connectivity index (χ3n) is 3.40. The summed E-state index contributed by atoms with van der Waals surface area (Å²) in [6.07, 6.45) is 1.72. The molecule has 0 saturated heterocycles. The number of hydrogen-bond donors (Lipinski definition) is 2. The van der Waals surface area contributed by atoms with Gasteiger partial charge in [0, 0.05) is 23.8 Å². The quantitative estimate of drug-likeness (QED) is 0.777. The molecule has 3 aromatic rings. The number of rotatable bonds is 3. The van der Waals surface area contributed by atoms with Gasteiger partial charge in [-0.2, -0.15) is 0 Å². The molecule has 2 N–H and O–H groups in total. The Morgan fingerprint density at radius 3 is 2.86 bits per heavy atom. The highest BCUT2D eigenvalue weighted by molar-refractivity contribution is 5.93. The summed E-state index contributed by atoms with van der Waals surface area (Å²) in [5.74, 6) is -0.394. The van der Waals surface area contributed by atoms with Crippen LogP contribution in [-0.4, -0.2) is 15.9 Å². The van der Waals surface area contributed by atoms with Gasteiger partial charge in [0.25, 0.3) is 11.5 Å². The first-order valence-electron chi connectivity index (χ1n) is 6.95. The molecule has 0 aliphatic carbocycles. The van der Waals surface area contributed by atoms with E-state index in [2.05, 4.69) is 15.3 Å². The Kier molecular flexibility index (Phi) is 3.70. The minimum Gasteiger partial charge on any atom is -0.348 e. The highest BCUT2D eigenvalue weighted by Crippen LogP contribution is 2.12. The van der Waals surface area contributed by atoms with Gasteiger partial charge in [0.2, 0.25) is 0 Å². The number of carbonyl (C=O) groups excluding carboxylic acids is 1.